The molecule has 0 bridgehead atoms. The van der Waals surface area contributed by atoms with E-state index < -0.39 is 0 Å². The normalized spacial score (nSPS) is 19.8. The Morgan fingerprint density at radius 1 is 1.25 bits per heavy atom. The highest BCUT2D eigenvalue weighted by Gasteiger charge is 2.27. The van der Waals surface area contributed by atoms with Crippen LogP contribution in [0.15, 0.2) is 24.3 Å². The van der Waals surface area contributed by atoms with Gasteiger partial charge in [0.2, 0.25) is 5.91 Å². The third kappa shape index (κ3) is 7.66. The first-order chi connectivity index (χ1) is 13.3. The number of hydrogen-bond donors (Lipinski definition) is 2. The Balaban J connectivity index is 0.00000122. The fourth-order valence-electron chi connectivity index (χ4n) is 3.23. The molecule has 8 nitrogen and oxygen atoms in total. The number of rotatable bonds is 5. The number of likely N-dealkylation sites (N-methyl/N-ethyl adjacent to an activating group) is 2. The maximum Gasteiger partial charge on any atom is 0.337 e. The zero-order chi connectivity index (χ0) is 21.1. The molecule has 156 valence electrons. The molecular weight excluding hydrogens is 362 g/mol. The van der Waals surface area contributed by atoms with Crippen LogP contribution in [0.2, 0.25) is 0 Å². The van der Waals surface area contributed by atoms with Gasteiger partial charge in [-0.25, -0.2) is 4.79 Å². The van der Waals surface area contributed by atoms with E-state index in [2.05, 4.69) is 41.0 Å². The molecule has 1 aromatic carbocycles. The maximum absolute atomic E-state index is 12.5. The van der Waals surface area contributed by atoms with Crippen molar-refractivity contribution in [2.24, 2.45) is 5.92 Å². The SMILES string of the molecule is COC(=O)c1ccc(CNC(=O)[C@@H]2CC[C@H](N(C)C)CN(C)C2)cc1.O=CO. The van der Waals surface area contributed by atoms with Crippen molar-refractivity contribution >= 4 is 18.3 Å². The number of benzene rings is 1. The van der Waals surface area contributed by atoms with Crippen molar-refractivity contribution < 1.29 is 24.2 Å². The summed E-state index contributed by atoms with van der Waals surface area (Å²) < 4.78 is 4.68. The number of amides is 1. The molecule has 1 aliphatic heterocycles. The Morgan fingerprint density at radius 3 is 2.39 bits per heavy atom. The van der Waals surface area contributed by atoms with E-state index in [9.17, 15) is 9.59 Å². The Bertz CT molecular complexity index is 633. The van der Waals surface area contributed by atoms with Crippen molar-refractivity contribution in [1.29, 1.82) is 0 Å². The summed E-state index contributed by atoms with van der Waals surface area (Å²) >= 11 is 0. The van der Waals surface area contributed by atoms with Gasteiger partial charge in [-0.2, -0.15) is 0 Å². The zero-order valence-electron chi connectivity index (χ0n) is 17.1. The first kappa shape index (κ1) is 23.6. The molecule has 1 aromatic rings. The van der Waals surface area contributed by atoms with Crippen molar-refractivity contribution in [2.45, 2.75) is 25.4 Å². The number of hydrogen-bond acceptors (Lipinski definition) is 6. The maximum atomic E-state index is 12.5. The van der Waals surface area contributed by atoms with Gasteiger partial charge in [0.15, 0.2) is 0 Å². The van der Waals surface area contributed by atoms with Crippen LogP contribution in [0.1, 0.15) is 28.8 Å². The fraction of sp³-hybridized carbons (Fsp3) is 0.550. The minimum Gasteiger partial charge on any atom is -0.483 e. The van der Waals surface area contributed by atoms with Crippen LogP contribution in [-0.4, -0.2) is 80.6 Å². The van der Waals surface area contributed by atoms with E-state index in [0.717, 1.165) is 31.5 Å². The molecule has 1 saturated heterocycles. The van der Waals surface area contributed by atoms with Crippen LogP contribution in [-0.2, 0) is 20.9 Å². The van der Waals surface area contributed by atoms with Gasteiger partial charge < -0.3 is 25.0 Å². The predicted octanol–water partition coefficient (Wildman–Crippen LogP) is 1.06. The molecule has 0 spiro atoms. The third-order valence-electron chi connectivity index (χ3n) is 4.85. The number of ether oxygens (including phenoxy) is 1. The molecule has 1 aliphatic rings. The molecule has 2 atom stereocenters. The number of carbonyl (C=O) groups is 3. The van der Waals surface area contributed by atoms with Crippen LogP contribution >= 0.6 is 0 Å². The molecule has 0 aromatic heterocycles. The second-order valence-corrected chi connectivity index (χ2v) is 7.12. The summed E-state index contributed by atoms with van der Waals surface area (Å²) in [6.45, 7) is 2.00. The minimum absolute atomic E-state index is 0.0179. The molecule has 1 heterocycles. The lowest BCUT2D eigenvalue weighted by atomic mass is 10.0. The third-order valence-corrected chi connectivity index (χ3v) is 4.85. The zero-order valence-corrected chi connectivity index (χ0v) is 17.1. The minimum atomic E-state index is -0.354. The Morgan fingerprint density at radius 2 is 1.86 bits per heavy atom. The summed E-state index contributed by atoms with van der Waals surface area (Å²) in [5, 5.41) is 9.92. The van der Waals surface area contributed by atoms with E-state index in [0.29, 0.717) is 18.2 Å². The van der Waals surface area contributed by atoms with E-state index in [-0.39, 0.29) is 24.3 Å². The molecule has 1 fully saturated rings. The number of nitrogens with zero attached hydrogens (tertiary/aromatic N) is 2. The van der Waals surface area contributed by atoms with Crippen molar-refractivity contribution in [3.63, 3.8) is 0 Å². The van der Waals surface area contributed by atoms with Crippen LogP contribution in [0.25, 0.3) is 0 Å². The quantitative estimate of drug-likeness (QED) is 0.570. The topological polar surface area (TPSA) is 99.2 Å². The summed E-state index contributed by atoms with van der Waals surface area (Å²) in [4.78, 5) is 36.8. The molecule has 0 saturated carbocycles. The van der Waals surface area contributed by atoms with Gasteiger partial charge in [-0.15, -0.1) is 0 Å². The van der Waals surface area contributed by atoms with Crippen molar-refractivity contribution in [2.75, 3.05) is 41.3 Å². The number of nitrogens with one attached hydrogen (secondary N) is 1. The van der Waals surface area contributed by atoms with E-state index in [1.165, 1.54) is 7.11 Å². The van der Waals surface area contributed by atoms with Crippen LogP contribution in [0, 0.1) is 5.92 Å². The summed E-state index contributed by atoms with van der Waals surface area (Å²) in [6, 6.07) is 7.61. The van der Waals surface area contributed by atoms with E-state index in [1.807, 2.05) is 12.1 Å². The Hall–Kier alpha value is -2.45. The average molecular weight is 393 g/mol. The molecule has 28 heavy (non-hydrogen) atoms. The molecule has 0 aliphatic carbocycles. The van der Waals surface area contributed by atoms with E-state index >= 15 is 0 Å². The van der Waals surface area contributed by atoms with Gasteiger partial charge in [-0.05, 0) is 51.7 Å². The first-order valence-corrected chi connectivity index (χ1v) is 9.20. The molecule has 2 N–H and O–H groups in total. The van der Waals surface area contributed by atoms with Gasteiger partial charge >= 0.3 is 5.97 Å². The van der Waals surface area contributed by atoms with Crippen molar-refractivity contribution in [3.8, 4) is 0 Å². The smallest absolute Gasteiger partial charge is 0.337 e. The van der Waals surface area contributed by atoms with E-state index in [1.54, 1.807) is 12.1 Å². The second-order valence-electron chi connectivity index (χ2n) is 7.12. The summed E-state index contributed by atoms with van der Waals surface area (Å²) in [6.07, 6.45) is 1.93. The summed E-state index contributed by atoms with van der Waals surface area (Å²) in [7, 11) is 7.63. The van der Waals surface area contributed by atoms with Crippen LogP contribution in [0.3, 0.4) is 0 Å². The van der Waals surface area contributed by atoms with Gasteiger partial charge in [0.25, 0.3) is 6.47 Å². The summed E-state index contributed by atoms with van der Waals surface area (Å²) in [5.74, 6) is -0.236. The highest BCUT2D eigenvalue weighted by molar-refractivity contribution is 5.89. The molecular formula is C20H31N3O5. The van der Waals surface area contributed by atoms with Crippen molar-refractivity contribution in [3.05, 3.63) is 35.4 Å². The Kier molecular flexibility index (Phi) is 10.2. The van der Waals surface area contributed by atoms with Crippen LogP contribution in [0.5, 0.6) is 0 Å². The van der Waals surface area contributed by atoms with Crippen LogP contribution < -0.4 is 5.32 Å². The lowest BCUT2D eigenvalue weighted by Crippen LogP contribution is -2.39. The van der Waals surface area contributed by atoms with Gasteiger partial charge in [-0.1, -0.05) is 12.1 Å². The largest absolute Gasteiger partial charge is 0.483 e. The average Bonchev–Trinajstić information content (AvgIpc) is 2.88. The lowest BCUT2D eigenvalue weighted by molar-refractivity contribution is -0.126. The first-order valence-electron chi connectivity index (χ1n) is 9.20. The Labute approximate surface area is 166 Å². The molecule has 8 heteroatoms. The number of likely N-dealkylation sites (tertiary alicyclic amines) is 1. The van der Waals surface area contributed by atoms with E-state index in [4.69, 9.17) is 9.90 Å². The van der Waals surface area contributed by atoms with Gasteiger partial charge in [0.05, 0.1) is 18.6 Å². The molecule has 1 amide bonds. The van der Waals surface area contributed by atoms with Gasteiger partial charge in [0.1, 0.15) is 0 Å². The van der Waals surface area contributed by atoms with Gasteiger partial charge in [-0.3, -0.25) is 9.59 Å². The number of methoxy groups -OCH3 is 1. The predicted molar refractivity (Wildman–Crippen MR) is 106 cm³/mol. The number of carbonyl (C=O) groups excluding carboxylic acids is 2. The van der Waals surface area contributed by atoms with Crippen molar-refractivity contribution in [1.82, 2.24) is 15.1 Å². The fourth-order valence-corrected chi connectivity index (χ4v) is 3.23. The molecule has 0 radical (unpaired) electrons. The number of carboxylic acid groups (broad SMARTS) is 1. The van der Waals surface area contributed by atoms with Crippen LogP contribution in [0.4, 0.5) is 0 Å². The highest BCUT2D eigenvalue weighted by atomic mass is 16.5. The number of esters is 1. The lowest BCUT2D eigenvalue weighted by Gasteiger charge is -2.25. The highest BCUT2D eigenvalue weighted by Crippen LogP contribution is 2.18. The van der Waals surface area contributed by atoms with Gasteiger partial charge in [0, 0.05) is 25.7 Å². The molecule has 2 rings (SSSR count). The monoisotopic (exact) mass is 393 g/mol. The molecule has 0 unspecified atom stereocenters. The standard InChI is InChI=1S/C19H29N3O3.CH2O2/c1-21(2)17-10-9-16(12-22(3)13-17)18(23)20-11-14-5-7-15(8-6-14)19(24)25-4;2-1-3/h5-8,16-17H,9-13H2,1-4H3,(H,20,23);1H,(H,2,3)/t16-,17+;/m1./s1. The summed E-state index contributed by atoms with van der Waals surface area (Å²) in [5.41, 5.74) is 1.48. The second kappa shape index (κ2) is 12.1.